The molecule has 0 radical (unpaired) electrons. The molecular formula is C46H29N3O. The van der Waals surface area contributed by atoms with Crippen molar-refractivity contribution < 1.29 is 4.42 Å². The first kappa shape index (κ1) is 28.3. The molecule has 0 bridgehead atoms. The van der Waals surface area contributed by atoms with Crippen molar-refractivity contribution in [2.45, 2.75) is 0 Å². The summed E-state index contributed by atoms with van der Waals surface area (Å²) < 4.78 is 9.03. The Morgan fingerprint density at radius 1 is 0.460 bits per heavy atom. The molecule has 4 nitrogen and oxygen atoms in total. The number of benzene rings is 7. The van der Waals surface area contributed by atoms with Crippen LogP contribution in [0.15, 0.2) is 180 Å². The summed E-state index contributed by atoms with van der Waals surface area (Å²) in [6.45, 7) is 0. The SMILES string of the molecule is c1ccc(-c2nc(-c3ccccc3)c3oc4cccc(-c5cccc(-c6cccc7c8ccccc8n(-c8ccccc8)c67)c5)c4c3n2)cc1. The van der Waals surface area contributed by atoms with Gasteiger partial charge in [0.05, 0.1) is 16.4 Å². The van der Waals surface area contributed by atoms with E-state index in [-0.39, 0.29) is 0 Å². The molecule has 0 atom stereocenters. The van der Waals surface area contributed by atoms with E-state index in [0.717, 1.165) is 55.7 Å². The highest BCUT2D eigenvalue weighted by Crippen LogP contribution is 2.42. The van der Waals surface area contributed by atoms with Crippen molar-refractivity contribution >= 4 is 43.9 Å². The Hall–Kier alpha value is -6.78. The lowest BCUT2D eigenvalue weighted by atomic mass is 9.95. The van der Waals surface area contributed by atoms with Crippen molar-refractivity contribution in [2.75, 3.05) is 0 Å². The van der Waals surface area contributed by atoms with Crippen molar-refractivity contribution in [2.24, 2.45) is 0 Å². The molecule has 10 aromatic rings. The van der Waals surface area contributed by atoms with Crippen LogP contribution < -0.4 is 0 Å². The van der Waals surface area contributed by atoms with Crippen molar-refractivity contribution in [3.05, 3.63) is 176 Å². The second kappa shape index (κ2) is 11.4. The van der Waals surface area contributed by atoms with E-state index < -0.39 is 0 Å². The fourth-order valence-corrected chi connectivity index (χ4v) is 7.39. The van der Waals surface area contributed by atoms with Gasteiger partial charge in [-0.2, -0.15) is 0 Å². The summed E-state index contributed by atoms with van der Waals surface area (Å²) >= 11 is 0. The predicted molar refractivity (Wildman–Crippen MR) is 205 cm³/mol. The Morgan fingerprint density at radius 2 is 1.06 bits per heavy atom. The summed E-state index contributed by atoms with van der Waals surface area (Å²) in [5.74, 6) is 0.670. The van der Waals surface area contributed by atoms with Crippen LogP contribution in [0.3, 0.4) is 0 Å². The van der Waals surface area contributed by atoms with Crippen molar-refractivity contribution in [1.29, 1.82) is 0 Å². The molecule has 4 heteroatoms. The molecule has 3 aromatic heterocycles. The molecule has 0 fully saturated rings. The molecule has 0 aliphatic heterocycles. The van der Waals surface area contributed by atoms with Crippen molar-refractivity contribution in [1.82, 2.24) is 14.5 Å². The van der Waals surface area contributed by atoms with Crippen molar-refractivity contribution in [3.63, 3.8) is 0 Å². The molecular weight excluding hydrogens is 611 g/mol. The van der Waals surface area contributed by atoms with Crippen molar-refractivity contribution in [3.8, 4) is 50.6 Å². The zero-order valence-corrected chi connectivity index (χ0v) is 27.0. The van der Waals surface area contributed by atoms with Gasteiger partial charge in [-0.3, -0.25) is 0 Å². The highest BCUT2D eigenvalue weighted by Gasteiger charge is 2.21. The van der Waals surface area contributed by atoms with Crippen LogP contribution in [0.2, 0.25) is 0 Å². The smallest absolute Gasteiger partial charge is 0.180 e. The Labute approximate surface area is 288 Å². The number of hydrogen-bond acceptors (Lipinski definition) is 3. The van der Waals surface area contributed by atoms with E-state index in [1.165, 1.54) is 27.4 Å². The van der Waals surface area contributed by atoms with Crippen LogP contribution in [0.25, 0.3) is 94.5 Å². The first-order valence-electron chi connectivity index (χ1n) is 16.8. The van der Waals surface area contributed by atoms with Gasteiger partial charge in [0.2, 0.25) is 0 Å². The Kier molecular flexibility index (Phi) is 6.46. The second-order valence-corrected chi connectivity index (χ2v) is 12.6. The van der Waals surface area contributed by atoms with E-state index in [9.17, 15) is 0 Å². The Morgan fingerprint density at radius 3 is 1.86 bits per heavy atom. The molecule has 0 spiro atoms. The second-order valence-electron chi connectivity index (χ2n) is 12.6. The largest absolute Gasteiger partial charge is 0.452 e. The van der Waals surface area contributed by atoms with Gasteiger partial charge in [-0.25, -0.2) is 9.97 Å². The van der Waals surface area contributed by atoms with E-state index in [4.69, 9.17) is 14.4 Å². The molecule has 7 aromatic carbocycles. The summed E-state index contributed by atoms with van der Waals surface area (Å²) in [5.41, 5.74) is 13.0. The molecule has 0 unspecified atom stereocenters. The third-order valence-electron chi connectivity index (χ3n) is 9.61. The van der Waals surface area contributed by atoms with Crippen LogP contribution >= 0.6 is 0 Å². The van der Waals surface area contributed by atoms with E-state index in [0.29, 0.717) is 11.4 Å². The summed E-state index contributed by atoms with van der Waals surface area (Å²) in [7, 11) is 0. The first-order valence-corrected chi connectivity index (χ1v) is 16.8. The third-order valence-corrected chi connectivity index (χ3v) is 9.61. The van der Waals surface area contributed by atoms with Gasteiger partial charge in [-0.05, 0) is 47.0 Å². The van der Waals surface area contributed by atoms with E-state index in [1.807, 2.05) is 42.5 Å². The summed E-state index contributed by atoms with van der Waals surface area (Å²) in [5, 5.41) is 3.45. The van der Waals surface area contributed by atoms with Crippen LogP contribution in [0, 0.1) is 0 Å². The molecule has 3 heterocycles. The zero-order chi connectivity index (χ0) is 33.0. The highest BCUT2D eigenvalue weighted by atomic mass is 16.3. The number of rotatable bonds is 5. The average molecular weight is 640 g/mol. The lowest BCUT2D eigenvalue weighted by Crippen LogP contribution is -1.95. The predicted octanol–water partition coefficient (Wildman–Crippen LogP) is 12.1. The molecule has 10 rings (SSSR count). The maximum Gasteiger partial charge on any atom is 0.180 e. The molecule has 0 N–H and O–H groups in total. The van der Waals surface area contributed by atoms with Gasteiger partial charge in [-0.15, -0.1) is 0 Å². The van der Waals surface area contributed by atoms with Gasteiger partial charge in [0.25, 0.3) is 0 Å². The Bertz CT molecular complexity index is 2850. The van der Waals surface area contributed by atoms with Crippen LogP contribution in [-0.2, 0) is 0 Å². The van der Waals surface area contributed by atoms with Crippen LogP contribution in [0.1, 0.15) is 0 Å². The summed E-state index contributed by atoms with van der Waals surface area (Å²) in [6, 6.07) is 61.4. The molecule has 0 saturated heterocycles. The monoisotopic (exact) mass is 639 g/mol. The summed E-state index contributed by atoms with van der Waals surface area (Å²) in [6.07, 6.45) is 0. The van der Waals surface area contributed by atoms with E-state index >= 15 is 0 Å². The minimum atomic E-state index is 0.670. The van der Waals surface area contributed by atoms with E-state index in [1.54, 1.807) is 0 Å². The van der Waals surface area contributed by atoms with Gasteiger partial charge >= 0.3 is 0 Å². The zero-order valence-electron chi connectivity index (χ0n) is 27.0. The fraction of sp³-hybridized carbons (Fsp3) is 0. The summed E-state index contributed by atoms with van der Waals surface area (Å²) in [4.78, 5) is 10.3. The lowest BCUT2D eigenvalue weighted by Gasteiger charge is -2.13. The van der Waals surface area contributed by atoms with Crippen LogP contribution in [0.5, 0.6) is 0 Å². The van der Waals surface area contributed by atoms with Crippen LogP contribution in [-0.4, -0.2) is 14.5 Å². The molecule has 50 heavy (non-hydrogen) atoms. The molecule has 0 amide bonds. The number of hydrogen-bond donors (Lipinski definition) is 0. The first-order chi connectivity index (χ1) is 24.8. The van der Waals surface area contributed by atoms with E-state index in [2.05, 4.69) is 138 Å². The normalized spacial score (nSPS) is 11.6. The fourth-order valence-electron chi connectivity index (χ4n) is 7.39. The van der Waals surface area contributed by atoms with Gasteiger partial charge in [-0.1, -0.05) is 146 Å². The number of nitrogens with zero attached hydrogens (tertiary/aromatic N) is 3. The maximum atomic E-state index is 6.63. The quantitative estimate of drug-likeness (QED) is 0.188. The minimum absolute atomic E-state index is 0.670. The molecule has 234 valence electrons. The topological polar surface area (TPSA) is 43.9 Å². The number of aromatic nitrogens is 3. The van der Waals surface area contributed by atoms with Gasteiger partial charge in [0, 0.05) is 33.2 Å². The third kappa shape index (κ3) is 4.46. The van der Waals surface area contributed by atoms with Gasteiger partial charge in [0.1, 0.15) is 16.8 Å². The number of fused-ring (bicyclic) bond motifs is 6. The van der Waals surface area contributed by atoms with Crippen LogP contribution in [0.4, 0.5) is 0 Å². The number of para-hydroxylation sites is 3. The molecule has 0 saturated carbocycles. The number of furan rings is 1. The van der Waals surface area contributed by atoms with Gasteiger partial charge < -0.3 is 8.98 Å². The Balaban J connectivity index is 1.22. The molecule has 0 aliphatic rings. The molecule has 0 aliphatic carbocycles. The highest BCUT2D eigenvalue weighted by molar-refractivity contribution is 6.15. The average Bonchev–Trinajstić information content (AvgIpc) is 3.75. The minimum Gasteiger partial charge on any atom is -0.452 e. The maximum absolute atomic E-state index is 6.63. The standard InChI is InChI=1S/C46H29N3O/c1-4-15-30(16-5-1)42-45-43(48-46(47-42)31-17-6-2-7-18-31)41-35(24-14-28-40(41)50-45)32-19-12-20-33(29-32)36-25-13-26-38-37-23-10-11-27-39(37)49(44(36)38)34-21-8-3-9-22-34/h1-29H. The lowest BCUT2D eigenvalue weighted by molar-refractivity contribution is 0.667. The van der Waals surface area contributed by atoms with Gasteiger partial charge in [0.15, 0.2) is 11.4 Å².